The van der Waals surface area contributed by atoms with Crippen molar-refractivity contribution in [2.24, 2.45) is 0 Å². The molecule has 0 saturated carbocycles. The summed E-state index contributed by atoms with van der Waals surface area (Å²) in [6.07, 6.45) is 0.667. The predicted molar refractivity (Wildman–Crippen MR) is 52.7 cm³/mol. The van der Waals surface area contributed by atoms with E-state index in [4.69, 9.17) is 0 Å². The standard InChI is InChI=1S/C11H15FO2/c1-4-7-5-8(11(2,3)14)10(13)9(12)6-7/h5-6,13-14H,4H2,1-3H3. The van der Waals surface area contributed by atoms with Crippen LogP contribution >= 0.6 is 0 Å². The molecule has 0 atom stereocenters. The van der Waals surface area contributed by atoms with Crippen LogP contribution in [-0.2, 0) is 12.0 Å². The average Bonchev–Trinajstić information content (AvgIpc) is 2.07. The minimum Gasteiger partial charge on any atom is -0.505 e. The molecule has 78 valence electrons. The smallest absolute Gasteiger partial charge is 0.165 e. The van der Waals surface area contributed by atoms with Crippen LogP contribution in [0.4, 0.5) is 4.39 Å². The zero-order valence-electron chi connectivity index (χ0n) is 8.63. The number of hydrogen-bond acceptors (Lipinski definition) is 2. The molecule has 2 nitrogen and oxygen atoms in total. The van der Waals surface area contributed by atoms with E-state index in [1.165, 1.54) is 19.9 Å². The number of hydrogen-bond donors (Lipinski definition) is 2. The normalized spacial score (nSPS) is 11.8. The number of aromatic hydroxyl groups is 1. The third-order valence-electron chi connectivity index (χ3n) is 2.19. The van der Waals surface area contributed by atoms with Gasteiger partial charge in [0.25, 0.3) is 0 Å². The van der Waals surface area contributed by atoms with Crippen LogP contribution < -0.4 is 0 Å². The predicted octanol–water partition coefficient (Wildman–Crippen LogP) is 2.32. The van der Waals surface area contributed by atoms with Crippen molar-refractivity contribution in [3.63, 3.8) is 0 Å². The molecule has 0 unspecified atom stereocenters. The largest absolute Gasteiger partial charge is 0.505 e. The topological polar surface area (TPSA) is 40.5 Å². The van der Waals surface area contributed by atoms with E-state index in [-0.39, 0.29) is 5.56 Å². The molecule has 1 aromatic carbocycles. The van der Waals surface area contributed by atoms with E-state index in [9.17, 15) is 14.6 Å². The number of aliphatic hydroxyl groups is 1. The van der Waals surface area contributed by atoms with Gasteiger partial charge in [-0.2, -0.15) is 0 Å². The van der Waals surface area contributed by atoms with Crippen LogP contribution in [0.5, 0.6) is 5.75 Å². The molecule has 0 heterocycles. The van der Waals surface area contributed by atoms with Gasteiger partial charge in [0, 0.05) is 5.56 Å². The maximum absolute atomic E-state index is 13.2. The molecule has 3 heteroatoms. The minimum absolute atomic E-state index is 0.231. The molecule has 0 saturated heterocycles. The van der Waals surface area contributed by atoms with Gasteiger partial charge >= 0.3 is 0 Å². The van der Waals surface area contributed by atoms with Crippen LogP contribution in [0.1, 0.15) is 31.9 Å². The summed E-state index contributed by atoms with van der Waals surface area (Å²) in [5, 5.41) is 19.1. The summed E-state index contributed by atoms with van der Waals surface area (Å²) in [5.74, 6) is -1.14. The molecule has 0 bridgehead atoms. The second-order valence-electron chi connectivity index (χ2n) is 3.89. The summed E-state index contributed by atoms with van der Waals surface area (Å²) in [6, 6.07) is 2.91. The Labute approximate surface area is 83.0 Å². The first-order valence-corrected chi connectivity index (χ1v) is 4.60. The first-order chi connectivity index (χ1) is 6.36. The van der Waals surface area contributed by atoms with Gasteiger partial charge in [0.05, 0.1) is 5.60 Å². The van der Waals surface area contributed by atoms with Crippen molar-refractivity contribution in [3.05, 3.63) is 29.1 Å². The molecule has 0 amide bonds. The Hall–Kier alpha value is -1.09. The van der Waals surface area contributed by atoms with Crippen LogP contribution in [0.15, 0.2) is 12.1 Å². The third-order valence-corrected chi connectivity index (χ3v) is 2.19. The fourth-order valence-corrected chi connectivity index (χ4v) is 1.33. The van der Waals surface area contributed by atoms with E-state index in [0.717, 1.165) is 5.56 Å². The summed E-state index contributed by atoms with van der Waals surface area (Å²) in [5.41, 5.74) is -0.234. The molecule has 0 radical (unpaired) electrons. The fraction of sp³-hybridized carbons (Fsp3) is 0.455. The van der Waals surface area contributed by atoms with Gasteiger partial charge in [-0.15, -0.1) is 0 Å². The van der Waals surface area contributed by atoms with Gasteiger partial charge in [0.15, 0.2) is 11.6 Å². The molecular formula is C11H15FO2. The first kappa shape index (κ1) is 11.0. The van der Waals surface area contributed by atoms with Crippen molar-refractivity contribution >= 4 is 0 Å². The Morgan fingerprint density at radius 1 is 1.36 bits per heavy atom. The summed E-state index contributed by atoms with van der Waals surface area (Å²) < 4.78 is 13.2. The van der Waals surface area contributed by atoms with E-state index in [1.54, 1.807) is 6.07 Å². The highest BCUT2D eigenvalue weighted by atomic mass is 19.1. The molecule has 0 fully saturated rings. The number of rotatable bonds is 2. The van der Waals surface area contributed by atoms with Crippen LogP contribution in [0.25, 0.3) is 0 Å². The van der Waals surface area contributed by atoms with Crippen molar-refractivity contribution in [1.82, 2.24) is 0 Å². The minimum atomic E-state index is -1.23. The van der Waals surface area contributed by atoms with E-state index in [0.29, 0.717) is 6.42 Å². The number of halogens is 1. The van der Waals surface area contributed by atoms with Gasteiger partial charge in [-0.1, -0.05) is 6.92 Å². The fourth-order valence-electron chi connectivity index (χ4n) is 1.33. The van der Waals surface area contributed by atoms with Gasteiger partial charge in [0.2, 0.25) is 0 Å². The van der Waals surface area contributed by atoms with E-state index >= 15 is 0 Å². The molecule has 14 heavy (non-hydrogen) atoms. The SMILES string of the molecule is CCc1cc(F)c(O)c(C(C)(C)O)c1. The van der Waals surface area contributed by atoms with Crippen molar-refractivity contribution in [1.29, 1.82) is 0 Å². The Balaban J connectivity index is 3.35. The lowest BCUT2D eigenvalue weighted by molar-refractivity contribution is 0.0750. The molecule has 0 aliphatic rings. The first-order valence-electron chi connectivity index (χ1n) is 4.60. The van der Waals surface area contributed by atoms with Crippen LogP contribution in [-0.4, -0.2) is 10.2 Å². The lowest BCUT2D eigenvalue weighted by atomic mass is 9.94. The monoisotopic (exact) mass is 198 g/mol. The van der Waals surface area contributed by atoms with Gasteiger partial charge in [-0.05, 0) is 38.0 Å². The highest BCUT2D eigenvalue weighted by Gasteiger charge is 2.22. The number of benzene rings is 1. The molecule has 0 aliphatic carbocycles. The zero-order valence-corrected chi connectivity index (χ0v) is 8.63. The average molecular weight is 198 g/mol. The second-order valence-corrected chi connectivity index (χ2v) is 3.89. The molecule has 2 N–H and O–H groups in total. The number of aryl methyl sites for hydroxylation is 1. The van der Waals surface area contributed by atoms with Crippen LogP contribution in [0.3, 0.4) is 0 Å². The molecule has 0 aromatic heterocycles. The van der Waals surface area contributed by atoms with Gasteiger partial charge < -0.3 is 10.2 Å². The summed E-state index contributed by atoms with van der Waals surface area (Å²) in [7, 11) is 0. The molecule has 1 rings (SSSR count). The lowest BCUT2D eigenvalue weighted by Gasteiger charge is -2.20. The summed E-state index contributed by atoms with van der Waals surface area (Å²) in [6.45, 7) is 4.92. The second kappa shape index (κ2) is 3.58. The maximum atomic E-state index is 13.2. The van der Waals surface area contributed by atoms with Gasteiger partial charge in [-0.3, -0.25) is 0 Å². The lowest BCUT2D eigenvalue weighted by Crippen LogP contribution is -2.16. The van der Waals surface area contributed by atoms with E-state index in [1.807, 2.05) is 6.92 Å². The van der Waals surface area contributed by atoms with E-state index in [2.05, 4.69) is 0 Å². The van der Waals surface area contributed by atoms with Gasteiger partial charge in [-0.25, -0.2) is 4.39 Å². The summed E-state index contributed by atoms with van der Waals surface area (Å²) >= 11 is 0. The van der Waals surface area contributed by atoms with Crippen molar-refractivity contribution in [3.8, 4) is 5.75 Å². The van der Waals surface area contributed by atoms with Crippen molar-refractivity contribution in [2.75, 3.05) is 0 Å². The Morgan fingerprint density at radius 3 is 2.36 bits per heavy atom. The number of phenolic OH excluding ortho intramolecular Hbond substituents is 1. The molecule has 0 aliphatic heterocycles. The highest BCUT2D eigenvalue weighted by Crippen LogP contribution is 2.32. The van der Waals surface area contributed by atoms with Crippen molar-refractivity contribution < 1.29 is 14.6 Å². The third kappa shape index (κ3) is 2.04. The molecule has 1 aromatic rings. The Kier molecular flexibility index (Phi) is 2.81. The Bertz CT molecular complexity index is 340. The van der Waals surface area contributed by atoms with Crippen molar-refractivity contribution in [2.45, 2.75) is 32.8 Å². The molecule has 0 spiro atoms. The Morgan fingerprint density at radius 2 is 1.93 bits per heavy atom. The van der Waals surface area contributed by atoms with Crippen LogP contribution in [0, 0.1) is 5.82 Å². The van der Waals surface area contributed by atoms with Crippen LogP contribution in [0.2, 0.25) is 0 Å². The van der Waals surface area contributed by atoms with E-state index < -0.39 is 17.2 Å². The summed E-state index contributed by atoms with van der Waals surface area (Å²) in [4.78, 5) is 0. The highest BCUT2D eigenvalue weighted by molar-refractivity contribution is 5.40. The number of phenols is 1. The molecular weight excluding hydrogens is 183 g/mol. The van der Waals surface area contributed by atoms with Gasteiger partial charge in [0.1, 0.15) is 0 Å². The quantitative estimate of drug-likeness (QED) is 0.765. The maximum Gasteiger partial charge on any atom is 0.165 e. The zero-order chi connectivity index (χ0) is 10.9.